The van der Waals surface area contributed by atoms with Crippen molar-refractivity contribution in [3.8, 4) is 0 Å². The third-order valence-electron chi connectivity index (χ3n) is 3.24. The molecule has 0 saturated carbocycles. The molecule has 0 aromatic heterocycles. The van der Waals surface area contributed by atoms with E-state index >= 15 is 0 Å². The van der Waals surface area contributed by atoms with E-state index in [0.717, 1.165) is 6.42 Å². The van der Waals surface area contributed by atoms with E-state index in [1.807, 2.05) is 6.92 Å². The second-order valence-electron chi connectivity index (χ2n) is 5.25. The largest absolute Gasteiger partial charge is 0.376 e. The number of rotatable bonds is 7. The maximum absolute atomic E-state index is 12.8. The van der Waals surface area contributed by atoms with Gasteiger partial charge in [-0.3, -0.25) is 9.59 Å². The third-order valence-corrected chi connectivity index (χ3v) is 3.24. The number of nitrogens with one attached hydrogen (secondary N) is 3. The van der Waals surface area contributed by atoms with Crippen LogP contribution in [0.1, 0.15) is 23.7 Å². The summed E-state index contributed by atoms with van der Waals surface area (Å²) in [5.74, 6) is -0.761. The Hall–Kier alpha value is -2.89. The Morgan fingerprint density at radius 3 is 2.50 bits per heavy atom. The summed E-state index contributed by atoms with van der Waals surface area (Å²) in [5.41, 5.74) is 1.73. The summed E-state index contributed by atoms with van der Waals surface area (Å²) in [4.78, 5) is 23.8. The number of carbonyl (C=O) groups excluding carboxylic acids is 2. The van der Waals surface area contributed by atoms with Crippen molar-refractivity contribution >= 4 is 23.2 Å². The highest BCUT2D eigenvalue weighted by molar-refractivity contribution is 5.96. The molecule has 6 heteroatoms. The predicted octanol–water partition coefficient (Wildman–Crippen LogP) is 3.02. The van der Waals surface area contributed by atoms with Crippen LogP contribution in [0.25, 0.3) is 0 Å². The highest BCUT2D eigenvalue weighted by Crippen LogP contribution is 2.11. The van der Waals surface area contributed by atoms with Crippen molar-refractivity contribution in [1.29, 1.82) is 0 Å². The lowest BCUT2D eigenvalue weighted by Crippen LogP contribution is -2.24. The number of benzene rings is 2. The lowest BCUT2D eigenvalue weighted by molar-refractivity contribution is -0.114. The van der Waals surface area contributed by atoms with E-state index in [2.05, 4.69) is 16.0 Å². The van der Waals surface area contributed by atoms with Crippen LogP contribution >= 0.6 is 0 Å². The quantitative estimate of drug-likeness (QED) is 0.731. The van der Waals surface area contributed by atoms with Crippen LogP contribution in [0.3, 0.4) is 0 Å². The fourth-order valence-corrected chi connectivity index (χ4v) is 2.03. The monoisotopic (exact) mass is 329 g/mol. The van der Waals surface area contributed by atoms with Crippen LogP contribution in [-0.4, -0.2) is 24.9 Å². The lowest BCUT2D eigenvalue weighted by atomic mass is 10.2. The van der Waals surface area contributed by atoms with Crippen molar-refractivity contribution in [2.75, 3.05) is 23.7 Å². The zero-order valence-electron chi connectivity index (χ0n) is 13.4. The molecule has 0 fully saturated rings. The van der Waals surface area contributed by atoms with Gasteiger partial charge in [-0.1, -0.05) is 13.0 Å². The fourth-order valence-electron chi connectivity index (χ4n) is 2.03. The first-order valence-corrected chi connectivity index (χ1v) is 7.76. The zero-order chi connectivity index (χ0) is 17.4. The van der Waals surface area contributed by atoms with Gasteiger partial charge in [0.2, 0.25) is 5.91 Å². The molecule has 0 aliphatic rings. The number of amides is 2. The molecule has 0 atom stereocenters. The molecule has 0 aliphatic heterocycles. The van der Waals surface area contributed by atoms with Crippen LogP contribution in [0, 0.1) is 5.82 Å². The van der Waals surface area contributed by atoms with Gasteiger partial charge in [0.05, 0.1) is 6.54 Å². The molecule has 24 heavy (non-hydrogen) atoms. The van der Waals surface area contributed by atoms with E-state index in [4.69, 9.17) is 0 Å². The average Bonchev–Trinajstić information content (AvgIpc) is 2.60. The summed E-state index contributed by atoms with van der Waals surface area (Å²) in [7, 11) is 0. The maximum Gasteiger partial charge on any atom is 0.251 e. The summed E-state index contributed by atoms with van der Waals surface area (Å²) < 4.78 is 12.8. The number of hydrogen-bond donors (Lipinski definition) is 3. The molecule has 0 heterocycles. The van der Waals surface area contributed by atoms with Crippen LogP contribution in [0.2, 0.25) is 0 Å². The van der Waals surface area contributed by atoms with E-state index in [-0.39, 0.29) is 24.2 Å². The lowest BCUT2D eigenvalue weighted by Gasteiger charge is -2.09. The molecule has 0 spiro atoms. The molecule has 0 bridgehead atoms. The molecule has 126 valence electrons. The van der Waals surface area contributed by atoms with Crippen molar-refractivity contribution < 1.29 is 14.0 Å². The van der Waals surface area contributed by atoms with E-state index < -0.39 is 0 Å². The molecule has 0 saturated heterocycles. The van der Waals surface area contributed by atoms with Gasteiger partial charge < -0.3 is 16.0 Å². The Morgan fingerprint density at radius 2 is 1.79 bits per heavy atom. The Labute approximate surface area is 140 Å². The van der Waals surface area contributed by atoms with Crippen molar-refractivity contribution in [3.63, 3.8) is 0 Å². The van der Waals surface area contributed by atoms with Gasteiger partial charge in [0.1, 0.15) is 5.82 Å². The molecule has 3 N–H and O–H groups in total. The Bertz CT molecular complexity index is 702. The second kappa shape index (κ2) is 8.67. The smallest absolute Gasteiger partial charge is 0.251 e. The van der Waals surface area contributed by atoms with Crippen LogP contribution in [-0.2, 0) is 4.79 Å². The molecule has 2 rings (SSSR count). The summed E-state index contributed by atoms with van der Waals surface area (Å²) in [5, 5.41) is 8.42. The molecule has 0 aliphatic carbocycles. The summed E-state index contributed by atoms with van der Waals surface area (Å²) >= 11 is 0. The highest BCUT2D eigenvalue weighted by Gasteiger charge is 2.06. The van der Waals surface area contributed by atoms with Crippen molar-refractivity contribution in [2.24, 2.45) is 0 Å². The van der Waals surface area contributed by atoms with Gasteiger partial charge >= 0.3 is 0 Å². The number of carbonyl (C=O) groups is 2. The molecule has 0 radical (unpaired) electrons. The molecular weight excluding hydrogens is 309 g/mol. The van der Waals surface area contributed by atoms with Crippen molar-refractivity contribution in [2.45, 2.75) is 13.3 Å². The topological polar surface area (TPSA) is 70.2 Å². The molecule has 2 amide bonds. The van der Waals surface area contributed by atoms with Gasteiger partial charge in [-0.05, 0) is 48.9 Å². The molecular formula is C18H20FN3O2. The molecule has 2 aromatic rings. The molecule has 5 nitrogen and oxygen atoms in total. The standard InChI is InChI=1S/C18H20FN3O2/c1-2-10-20-18(24)13-4-3-5-16(11-13)21-12-17(23)22-15-8-6-14(19)7-9-15/h3-9,11,21H,2,10,12H2,1H3,(H,20,24)(H,22,23). The number of anilines is 2. The van der Waals surface area contributed by atoms with Gasteiger partial charge in [-0.2, -0.15) is 0 Å². The van der Waals surface area contributed by atoms with E-state index in [1.54, 1.807) is 24.3 Å². The summed E-state index contributed by atoms with van der Waals surface area (Å²) in [6.07, 6.45) is 0.868. The Kier molecular flexibility index (Phi) is 6.31. The minimum atomic E-state index is -0.357. The molecule has 2 aromatic carbocycles. The van der Waals surface area contributed by atoms with Gasteiger partial charge in [0.15, 0.2) is 0 Å². The zero-order valence-corrected chi connectivity index (χ0v) is 13.4. The van der Waals surface area contributed by atoms with Gasteiger partial charge in [-0.15, -0.1) is 0 Å². The maximum atomic E-state index is 12.8. The van der Waals surface area contributed by atoms with Crippen molar-refractivity contribution in [1.82, 2.24) is 5.32 Å². The SMILES string of the molecule is CCCNC(=O)c1cccc(NCC(=O)Nc2ccc(F)cc2)c1. The van der Waals surface area contributed by atoms with Crippen LogP contribution in [0.15, 0.2) is 48.5 Å². The fraction of sp³-hybridized carbons (Fsp3) is 0.222. The van der Waals surface area contributed by atoms with Crippen molar-refractivity contribution in [3.05, 3.63) is 59.9 Å². The highest BCUT2D eigenvalue weighted by atomic mass is 19.1. The van der Waals surface area contributed by atoms with E-state index in [9.17, 15) is 14.0 Å². The van der Waals surface area contributed by atoms with Crippen LogP contribution in [0.5, 0.6) is 0 Å². The minimum absolute atomic E-state index is 0.0391. The van der Waals surface area contributed by atoms with Crippen LogP contribution in [0.4, 0.5) is 15.8 Å². The number of hydrogen-bond acceptors (Lipinski definition) is 3. The summed E-state index contributed by atoms with van der Waals surface area (Å²) in [6, 6.07) is 12.5. The summed E-state index contributed by atoms with van der Waals surface area (Å²) in [6.45, 7) is 2.64. The molecule has 0 unspecified atom stereocenters. The number of halogens is 1. The van der Waals surface area contributed by atoms with Gasteiger partial charge in [0.25, 0.3) is 5.91 Å². The van der Waals surface area contributed by atoms with Gasteiger partial charge in [-0.25, -0.2) is 4.39 Å². The van der Waals surface area contributed by atoms with Gasteiger partial charge in [0, 0.05) is 23.5 Å². The first kappa shape index (κ1) is 17.5. The van der Waals surface area contributed by atoms with Crippen LogP contribution < -0.4 is 16.0 Å². The first-order valence-electron chi connectivity index (χ1n) is 7.76. The Balaban J connectivity index is 1.88. The first-order chi connectivity index (χ1) is 11.6. The third kappa shape index (κ3) is 5.39. The average molecular weight is 329 g/mol. The van der Waals surface area contributed by atoms with E-state index in [1.165, 1.54) is 24.3 Å². The minimum Gasteiger partial charge on any atom is -0.376 e. The second-order valence-corrected chi connectivity index (χ2v) is 5.25. The Morgan fingerprint density at radius 1 is 1.04 bits per heavy atom. The normalized spacial score (nSPS) is 10.1. The predicted molar refractivity (Wildman–Crippen MR) is 92.6 cm³/mol. The van der Waals surface area contributed by atoms with E-state index in [0.29, 0.717) is 23.5 Å².